The Kier molecular flexibility index (Phi) is 8.32. The molecule has 0 spiro atoms. The number of allylic oxidation sites excluding steroid dienone is 1. The number of ether oxygens (including phenoxy) is 2. The number of halogens is 1. The minimum atomic E-state index is -0.129. The summed E-state index contributed by atoms with van der Waals surface area (Å²) < 4.78 is 18.0. The maximum Gasteiger partial charge on any atom is 0.244 e. The summed E-state index contributed by atoms with van der Waals surface area (Å²) in [6.45, 7) is 8.24. The lowest BCUT2D eigenvalue weighted by atomic mass is 9.99. The van der Waals surface area contributed by atoms with Crippen molar-refractivity contribution in [1.82, 2.24) is 5.32 Å². The van der Waals surface area contributed by atoms with Crippen LogP contribution in [0, 0.1) is 0 Å². The molecule has 0 saturated heterocycles. The lowest BCUT2D eigenvalue weighted by molar-refractivity contribution is -0.116. The van der Waals surface area contributed by atoms with Crippen LogP contribution in [0.4, 0.5) is 0 Å². The van der Waals surface area contributed by atoms with Gasteiger partial charge in [0.15, 0.2) is 0 Å². The highest BCUT2D eigenvalue weighted by Crippen LogP contribution is 2.38. The van der Waals surface area contributed by atoms with E-state index < -0.39 is 0 Å². The highest BCUT2D eigenvalue weighted by molar-refractivity contribution is 9.10. The molecule has 0 aliphatic carbocycles. The van der Waals surface area contributed by atoms with E-state index in [1.807, 2.05) is 51.1 Å². The number of benzene rings is 2. The summed E-state index contributed by atoms with van der Waals surface area (Å²) in [6.07, 6.45) is 4.16. The Morgan fingerprint density at radius 3 is 2.77 bits per heavy atom. The van der Waals surface area contributed by atoms with Crippen LogP contribution in [0.5, 0.6) is 5.75 Å². The van der Waals surface area contributed by atoms with E-state index in [4.69, 9.17) is 13.9 Å². The van der Waals surface area contributed by atoms with E-state index in [0.29, 0.717) is 32.1 Å². The second-order valence-corrected chi connectivity index (χ2v) is 8.02. The van der Waals surface area contributed by atoms with E-state index in [1.165, 1.54) is 0 Å². The quantitative estimate of drug-likeness (QED) is 0.274. The molecule has 164 valence electrons. The third-order valence-electron chi connectivity index (χ3n) is 4.85. The average Bonchev–Trinajstić information content (AvgIpc) is 3.16. The monoisotopic (exact) mass is 485 g/mol. The average molecular weight is 486 g/mol. The molecule has 0 aliphatic heterocycles. The summed E-state index contributed by atoms with van der Waals surface area (Å²) in [5, 5.41) is 3.88. The molecule has 0 saturated carbocycles. The van der Waals surface area contributed by atoms with Crippen LogP contribution in [0.15, 0.2) is 57.6 Å². The van der Waals surface area contributed by atoms with Crippen LogP contribution in [0.3, 0.4) is 0 Å². The van der Waals surface area contributed by atoms with Crippen molar-refractivity contribution in [2.45, 2.75) is 27.2 Å². The van der Waals surface area contributed by atoms with Crippen LogP contribution in [0.2, 0.25) is 0 Å². The van der Waals surface area contributed by atoms with Crippen molar-refractivity contribution in [3.05, 3.63) is 58.8 Å². The van der Waals surface area contributed by atoms with Gasteiger partial charge in [-0.3, -0.25) is 4.79 Å². The molecule has 0 radical (unpaired) electrons. The first-order valence-corrected chi connectivity index (χ1v) is 11.3. The lowest BCUT2D eigenvalue weighted by Crippen LogP contribution is -2.23. The summed E-state index contributed by atoms with van der Waals surface area (Å²) in [6, 6.07) is 12.0. The molecule has 1 heterocycles. The molecule has 0 fully saturated rings. The zero-order valence-corrected chi connectivity index (χ0v) is 19.8. The van der Waals surface area contributed by atoms with Crippen molar-refractivity contribution in [1.29, 1.82) is 0 Å². The Labute approximate surface area is 191 Å². The van der Waals surface area contributed by atoms with E-state index in [-0.39, 0.29) is 5.91 Å². The fraction of sp³-hybridized carbons (Fsp3) is 0.320. The van der Waals surface area contributed by atoms with Gasteiger partial charge in [0.25, 0.3) is 0 Å². The fourth-order valence-electron chi connectivity index (χ4n) is 3.37. The molecule has 0 aliphatic rings. The molecule has 1 N–H and O–H groups in total. The molecule has 31 heavy (non-hydrogen) atoms. The SMILES string of the molecule is CCOCCCNC(=O)/C=C(\C)c1cc2c(-c3cccc(Br)c3)coc2cc1OCC. The zero-order chi connectivity index (χ0) is 22.2. The van der Waals surface area contributed by atoms with Gasteiger partial charge in [0.05, 0.1) is 12.9 Å². The molecular weight excluding hydrogens is 458 g/mol. The van der Waals surface area contributed by atoms with Gasteiger partial charge >= 0.3 is 0 Å². The number of hydrogen-bond acceptors (Lipinski definition) is 4. The maximum absolute atomic E-state index is 12.4. The molecule has 6 heteroatoms. The van der Waals surface area contributed by atoms with Crippen LogP contribution in [-0.4, -0.2) is 32.3 Å². The molecule has 1 amide bonds. The fourth-order valence-corrected chi connectivity index (χ4v) is 3.77. The Bertz CT molecular complexity index is 1070. The number of carbonyl (C=O) groups excluding carboxylic acids is 1. The number of fused-ring (bicyclic) bond motifs is 1. The smallest absolute Gasteiger partial charge is 0.244 e. The number of furan rings is 1. The summed E-state index contributed by atoms with van der Waals surface area (Å²) in [7, 11) is 0. The summed E-state index contributed by atoms with van der Waals surface area (Å²) >= 11 is 3.53. The van der Waals surface area contributed by atoms with Gasteiger partial charge in [-0.1, -0.05) is 28.1 Å². The Hall–Kier alpha value is -2.57. The van der Waals surface area contributed by atoms with E-state index in [2.05, 4.69) is 27.3 Å². The van der Waals surface area contributed by atoms with Crippen LogP contribution in [0.1, 0.15) is 32.8 Å². The number of carbonyl (C=O) groups is 1. The first-order valence-electron chi connectivity index (χ1n) is 10.5. The highest BCUT2D eigenvalue weighted by Gasteiger charge is 2.15. The summed E-state index contributed by atoms with van der Waals surface area (Å²) in [5.74, 6) is 0.569. The van der Waals surface area contributed by atoms with Crippen molar-refractivity contribution < 1.29 is 18.7 Å². The number of nitrogens with one attached hydrogen (secondary N) is 1. The van der Waals surface area contributed by atoms with Crippen molar-refractivity contribution in [3.8, 4) is 16.9 Å². The molecular formula is C25H28BrNO4. The number of rotatable bonds is 10. The predicted molar refractivity (Wildman–Crippen MR) is 128 cm³/mol. The van der Waals surface area contributed by atoms with E-state index >= 15 is 0 Å². The van der Waals surface area contributed by atoms with Gasteiger partial charge in [-0.05, 0) is 56.5 Å². The molecule has 1 aromatic heterocycles. The third-order valence-corrected chi connectivity index (χ3v) is 5.35. The first-order chi connectivity index (χ1) is 15.0. The molecule has 0 unspecified atom stereocenters. The second-order valence-electron chi connectivity index (χ2n) is 7.11. The van der Waals surface area contributed by atoms with Gasteiger partial charge in [0, 0.05) is 52.9 Å². The minimum absolute atomic E-state index is 0.129. The zero-order valence-electron chi connectivity index (χ0n) is 18.2. The van der Waals surface area contributed by atoms with E-state index in [0.717, 1.165) is 44.1 Å². The normalized spacial score (nSPS) is 11.7. The van der Waals surface area contributed by atoms with Gasteiger partial charge < -0.3 is 19.2 Å². The van der Waals surface area contributed by atoms with Gasteiger partial charge in [0.1, 0.15) is 11.3 Å². The van der Waals surface area contributed by atoms with Gasteiger partial charge in [-0.15, -0.1) is 0 Å². The number of amides is 1. The highest BCUT2D eigenvalue weighted by atomic mass is 79.9. The minimum Gasteiger partial charge on any atom is -0.493 e. The van der Waals surface area contributed by atoms with Crippen LogP contribution in [0.25, 0.3) is 27.7 Å². The summed E-state index contributed by atoms with van der Waals surface area (Å²) in [4.78, 5) is 12.4. The Morgan fingerprint density at radius 1 is 1.19 bits per heavy atom. The predicted octanol–water partition coefficient (Wildman–Crippen LogP) is 6.21. The van der Waals surface area contributed by atoms with E-state index in [9.17, 15) is 4.79 Å². The van der Waals surface area contributed by atoms with Crippen molar-refractivity contribution in [2.24, 2.45) is 0 Å². The van der Waals surface area contributed by atoms with Gasteiger partial charge in [-0.2, -0.15) is 0 Å². The third kappa shape index (κ3) is 5.99. The molecule has 0 atom stereocenters. The number of hydrogen-bond donors (Lipinski definition) is 1. The molecule has 3 aromatic rings. The van der Waals surface area contributed by atoms with E-state index in [1.54, 1.807) is 12.3 Å². The topological polar surface area (TPSA) is 60.7 Å². The maximum atomic E-state index is 12.4. The standard InChI is InChI=1S/C25H28BrNO4/c1-4-29-11-7-10-27-25(28)12-17(3)20-14-21-22(18-8-6-9-19(26)13-18)16-31-24(21)15-23(20)30-5-2/h6,8-9,12-16H,4-5,7,10-11H2,1-3H3,(H,27,28)/b17-12+. The summed E-state index contributed by atoms with van der Waals surface area (Å²) in [5.41, 5.74) is 4.49. The van der Waals surface area contributed by atoms with Crippen LogP contribution in [-0.2, 0) is 9.53 Å². The largest absolute Gasteiger partial charge is 0.493 e. The van der Waals surface area contributed by atoms with Crippen LogP contribution >= 0.6 is 15.9 Å². The first kappa shape index (κ1) is 23.1. The van der Waals surface area contributed by atoms with Gasteiger partial charge in [-0.25, -0.2) is 0 Å². The molecule has 5 nitrogen and oxygen atoms in total. The molecule has 0 bridgehead atoms. The van der Waals surface area contributed by atoms with Gasteiger partial charge in [0.2, 0.25) is 5.91 Å². The Morgan fingerprint density at radius 2 is 2.03 bits per heavy atom. The molecule has 2 aromatic carbocycles. The lowest BCUT2D eigenvalue weighted by Gasteiger charge is -2.12. The Balaban J connectivity index is 1.91. The van der Waals surface area contributed by atoms with Crippen LogP contribution < -0.4 is 10.1 Å². The molecule has 3 rings (SSSR count). The van der Waals surface area contributed by atoms with Crippen molar-refractivity contribution >= 4 is 38.4 Å². The van der Waals surface area contributed by atoms with Crippen molar-refractivity contribution in [2.75, 3.05) is 26.4 Å². The second kappa shape index (κ2) is 11.2. The van der Waals surface area contributed by atoms with Crippen molar-refractivity contribution in [3.63, 3.8) is 0 Å².